The molecule has 1 aliphatic heterocycles. The molecule has 0 bridgehead atoms. The molecule has 2 aromatic carbocycles. The number of rotatable bonds is 9. The van der Waals surface area contributed by atoms with Crippen LogP contribution in [0, 0.1) is 0 Å². The number of methoxy groups -OCH3 is 4. The predicted molar refractivity (Wildman–Crippen MR) is 132 cm³/mol. The molecule has 0 atom stereocenters. The molecular formula is C27H33N3O4. The van der Waals surface area contributed by atoms with Crippen molar-refractivity contribution in [2.24, 2.45) is 0 Å². The van der Waals surface area contributed by atoms with Crippen LogP contribution in [0.3, 0.4) is 0 Å². The summed E-state index contributed by atoms with van der Waals surface area (Å²) in [5.41, 5.74) is 3.42. The smallest absolute Gasteiger partial charge is 0.127 e. The van der Waals surface area contributed by atoms with E-state index in [2.05, 4.69) is 33.0 Å². The van der Waals surface area contributed by atoms with Crippen molar-refractivity contribution in [1.82, 2.24) is 14.8 Å². The Balaban J connectivity index is 1.65. The number of ether oxygens (including phenoxy) is 4. The highest BCUT2D eigenvalue weighted by molar-refractivity contribution is 5.42. The Bertz CT molecular complexity index is 1010. The van der Waals surface area contributed by atoms with Gasteiger partial charge in [0.05, 0.1) is 34.6 Å². The van der Waals surface area contributed by atoms with E-state index in [0.29, 0.717) is 0 Å². The van der Waals surface area contributed by atoms with Gasteiger partial charge in [-0.2, -0.15) is 0 Å². The largest absolute Gasteiger partial charge is 0.497 e. The Hall–Kier alpha value is -3.29. The van der Waals surface area contributed by atoms with Crippen LogP contribution < -0.4 is 18.9 Å². The summed E-state index contributed by atoms with van der Waals surface area (Å²) in [6, 6.07) is 16.2. The molecule has 1 aliphatic rings. The molecule has 0 N–H and O–H groups in total. The monoisotopic (exact) mass is 463 g/mol. The first-order valence-electron chi connectivity index (χ1n) is 11.5. The summed E-state index contributed by atoms with van der Waals surface area (Å²) in [7, 11) is 6.75. The second kappa shape index (κ2) is 11.2. The second-order valence-corrected chi connectivity index (χ2v) is 8.31. The van der Waals surface area contributed by atoms with E-state index in [-0.39, 0.29) is 6.17 Å². The summed E-state index contributed by atoms with van der Waals surface area (Å²) in [5, 5.41) is 0. The topological polar surface area (TPSA) is 56.3 Å². The minimum Gasteiger partial charge on any atom is -0.497 e. The van der Waals surface area contributed by atoms with Gasteiger partial charge < -0.3 is 18.9 Å². The van der Waals surface area contributed by atoms with Gasteiger partial charge in [0.2, 0.25) is 0 Å². The lowest BCUT2D eigenvalue weighted by molar-refractivity contribution is -0.00998. The first-order valence-corrected chi connectivity index (χ1v) is 11.5. The lowest BCUT2D eigenvalue weighted by Crippen LogP contribution is -2.47. The van der Waals surface area contributed by atoms with Crippen molar-refractivity contribution in [3.63, 3.8) is 0 Å². The van der Waals surface area contributed by atoms with Crippen molar-refractivity contribution in [2.45, 2.75) is 25.7 Å². The Morgan fingerprint density at radius 1 is 0.765 bits per heavy atom. The molecular weight excluding hydrogens is 430 g/mol. The molecule has 3 aromatic rings. The summed E-state index contributed by atoms with van der Waals surface area (Å²) in [6.45, 7) is 3.46. The molecule has 0 unspecified atom stereocenters. The molecule has 0 saturated carbocycles. The molecule has 34 heavy (non-hydrogen) atoms. The summed E-state index contributed by atoms with van der Waals surface area (Å²) in [6.07, 6.45) is 4.92. The van der Waals surface area contributed by atoms with E-state index in [1.54, 1.807) is 28.4 Å². The summed E-state index contributed by atoms with van der Waals surface area (Å²) >= 11 is 0. The normalized spacial score (nSPS) is 15.2. The van der Waals surface area contributed by atoms with Crippen LogP contribution >= 0.6 is 0 Å². The fourth-order valence-corrected chi connectivity index (χ4v) is 4.64. The minimum absolute atomic E-state index is 0.0704. The van der Waals surface area contributed by atoms with Crippen molar-refractivity contribution in [1.29, 1.82) is 0 Å². The summed E-state index contributed by atoms with van der Waals surface area (Å²) in [4.78, 5) is 9.39. The van der Waals surface area contributed by atoms with Gasteiger partial charge in [0.1, 0.15) is 23.0 Å². The Labute approximate surface area is 201 Å². The van der Waals surface area contributed by atoms with Gasteiger partial charge in [-0.3, -0.25) is 14.8 Å². The third-order valence-corrected chi connectivity index (χ3v) is 6.30. The lowest BCUT2D eigenvalue weighted by atomic mass is 10.0. The van der Waals surface area contributed by atoms with Crippen LogP contribution in [0.25, 0.3) is 0 Å². The first-order chi connectivity index (χ1) is 16.7. The molecule has 7 heteroatoms. The van der Waals surface area contributed by atoms with Crippen LogP contribution in [0.1, 0.15) is 29.3 Å². The SMILES string of the molecule is COc1ccc(CN2CCCN(Cc3ccc(OC)cc3OC)C2c2cccnc2)c(OC)c1. The Kier molecular flexibility index (Phi) is 7.87. The molecule has 1 saturated heterocycles. The van der Waals surface area contributed by atoms with Gasteiger partial charge in [0.15, 0.2) is 0 Å². The van der Waals surface area contributed by atoms with E-state index >= 15 is 0 Å². The quantitative estimate of drug-likeness (QED) is 0.462. The maximum atomic E-state index is 5.68. The molecule has 180 valence electrons. The van der Waals surface area contributed by atoms with Crippen LogP contribution in [-0.2, 0) is 13.1 Å². The third-order valence-electron chi connectivity index (χ3n) is 6.30. The zero-order valence-corrected chi connectivity index (χ0v) is 20.4. The van der Waals surface area contributed by atoms with Gasteiger partial charge in [0, 0.05) is 67.4 Å². The number of nitrogens with zero attached hydrogens (tertiary/aromatic N) is 3. The fraction of sp³-hybridized carbons (Fsp3) is 0.370. The third kappa shape index (κ3) is 5.26. The highest BCUT2D eigenvalue weighted by Gasteiger charge is 2.32. The van der Waals surface area contributed by atoms with E-state index in [4.69, 9.17) is 18.9 Å². The predicted octanol–water partition coefficient (Wildman–Crippen LogP) is 4.52. The molecule has 2 heterocycles. The van der Waals surface area contributed by atoms with Gasteiger partial charge in [-0.15, -0.1) is 0 Å². The van der Waals surface area contributed by atoms with E-state index in [1.165, 1.54) is 5.56 Å². The average molecular weight is 464 g/mol. The van der Waals surface area contributed by atoms with Crippen molar-refractivity contribution in [2.75, 3.05) is 41.5 Å². The number of aromatic nitrogens is 1. The van der Waals surface area contributed by atoms with Crippen LogP contribution in [0.15, 0.2) is 60.9 Å². The number of benzene rings is 2. The van der Waals surface area contributed by atoms with Gasteiger partial charge >= 0.3 is 0 Å². The maximum absolute atomic E-state index is 5.68. The number of hydrogen-bond donors (Lipinski definition) is 0. The van der Waals surface area contributed by atoms with E-state index in [0.717, 1.165) is 66.7 Å². The lowest BCUT2D eigenvalue weighted by Gasteiger charge is -2.44. The van der Waals surface area contributed by atoms with Gasteiger partial charge in [-0.05, 0) is 24.6 Å². The Morgan fingerprint density at radius 3 is 1.76 bits per heavy atom. The number of pyridine rings is 1. The maximum Gasteiger partial charge on any atom is 0.127 e. The molecule has 7 nitrogen and oxygen atoms in total. The van der Waals surface area contributed by atoms with E-state index < -0.39 is 0 Å². The van der Waals surface area contributed by atoms with Gasteiger partial charge in [0.25, 0.3) is 0 Å². The Morgan fingerprint density at radius 2 is 1.32 bits per heavy atom. The summed E-state index contributed by atoms with van der Waals surface area (Å²) < 4.78 is 22.1. The highest BCUT2D eigenvalue weighted by atomic mass is 16.5. The van der Waals surface area contributed by atoms with Crippen molar-refractivity contribution in [3.8, 4) is 23.0 Å². The zero-order valence-electron chi connectivity index (χ0n) is 20.4. The molecule has 0 spiro atoms. The van der Waals surface area contributed by atoms with Crippen molar-refractivity contribution in [3.05, 3.63) is 77.6 Å². The van der Waals surface area contributed by atoms with Crippen molar-refractivity contribution >= 4 is 0 Å². The minimum atomic E-state index is 0.0704. The molecule has 4 rings (SSSR count). The number of hydrogen-bond acceptors (Lipinski definition) is 7. The fourth-order valence-electron chi connectivity index (χ4n) is 4.64. The van der Waals surface area contributed by atoms with Gasteiger partial charge in [-0.1, -0.05) is 18.2 Å². The second-order valence-electron chi connectivity index (χ2n) is 8.31. The molecule has 0 aliphatic carbocycles. The average Bonchev–Trinajstić information content (AvgIpc) is 2.89. The van der Waals surface area contributed by atoms with Crippen LogP contribution in [0.4, 0.5) is 0 Å². The highest BCUT2D eigenvalue weighted by Crippen LogP contribution is 2.36. The van der Waals surface area contributed by atoms with Crippen LogP contribution in [0.5, 0.6) is 23.0 Å². The zero-order chi connectivity index (χ0) is 23.9. The van der Waals surface area contributed by atoms with Crippen molar-refractivity contribution < 1.29 is 18.9 Å². The van der Waals surface area contributed by atoms with E-state index in [1.807, 2.05) is 42.7 Å². The summed E-state index contributed by atoms with van der Waals surface area (Å²) in [5.74, 6) is 3.24. The molecule has 1 aromatic heterocycles. The van der Waals surface area contributed by atoms with E-state index in [9.17, 15) is 0 Å². The van der Waals surface area contributed by atoms with Crippen LogP contribution in [-0.4, -0.2) is 56.3 Å². The standard InChI is InChI=1S/C27H33N3O4/c1-31-23-10-8-21(25(15-23)33-3)18-29-13-6-14-30(27(29)20-7-5-12-28-17-20)19-22-9-11-24(32-2)16-26(22)34-4/h5,7-12,15-17,27H,6,13-14,18-19H2,1-4H3. The van der Waals surface area contributed by atoms with Gasteiger partial charge in [-0.25, -0.2) is 0 Å². The van der Waals surface area contributed by atoms with Crippen LogP contribution in [0.2, 0.25) is 0 Å². The molecule has 1 fully saturated rings. The first kappa shape index (κ1) is 23.9. The molecule has 0 radical (unpaired) electrons. The molecule has 0 amide bonds.